The molecule has 0 unspecified atom stereocenters. The van der Waals surface area contributed by atoms with E-state index in [-0.39, 0.29) is 35.7 Å². The third kappa shape index (κ3) is 3.70. The molecule has 204 valence electrons. The van der Waals surface area contributed by atoms with Crippen molar-refractivity contribution in [1.29, 1.82) is 0 Å². The van der Waals surface area contributed by atoms with E-state index in [4.69, 9.17) is 4.74 Å². The molecule has 5 heteroatoms. The number of esters is 1. The number of amides is 2. The van der Waals surface area contributed by atoms with Crippen molar-refractivity contribution in [2.75, 3.05) is 4.90 Å². The van der Waals surface area contributed by atoms with E-state index in [9.17, 15) is 14.4 Å². The summed E-state index contributed by atoms with van der Waals surface area (Å²) >= 11 is 0. The standard InChI is InChI=1S/C35H35NO4/c1-19(2)23-17-12-20(3)18-28(23)40-35(39)21-13-15-22(16-14-21)36-33(37)31-29-24-8-4-5-9-25(24)30(32(31)34(36)38)27-11-7-6-10-26(27)29/h4-11,13-16,19-20,23,28-32H,12,17-18H2,1-3H3/t20-,23-,28-,29?,30?,31-,32+/m1/s1. The van der Waals surface area contributed by atoms with Crippen LogP contribution in [0.2, 0.25) is 0 Å². The highest BCUT2D eigenvalue weighted by molar-refractivity contribution is 6.23. The predicted molar refractivity (Wildman–Crippen MR) is 153 cm³/mol. The van der Waals surface area contributed by atoms with Gasteiger partial charge in [0.05, 0.1) is 23.1 Å². The minimum atomic E-state index is -0.423. The zero-order chi connectivity index (χ0) is 27.7. The third-order valence-corrected chi connectivity index (χ3v) is 10.0. The average molecular weight is 534 g/mol. The summed E-state index contributed by atoms with van der Waals surface area (Å²) in [7, 11) is 0. The molecule has 0 N–H and O–H groups in total. The van der Waals surface area contributed by atoms with E-state index in [1.165, 1.54) is 11.3 Å². The minimum Gasteiger partial charge on any atom is -0.458 e. The van der Waals surface area contributed by atoms with Crippen molar-refractivity contribution in [3.05, 3.63) is 101 Å². The summed E-state index contributed by atoms with van der Waals surface area (Å²) in [6, 6.07) is 23.3. The lowest BCUT2D eigenvalue weighted by Crippen LogP contribution is -2.41. The molecule has 1 saturated carbocycles. The first-order valence-corrected chi connectivity index (χ1v) is 14.7. The Hall–Kier alpha value is -3.73. The third-order valence-electron chi connectivity index (χ3n) is 10.0. The number of carbonyl (C=O) groups is 3. The van der Waals surface area contributed by atoms with Crippen LogP contribution >= 0.6 is 0 Å². The lowest BCUT2D eigenvalue weighted by atomic mass is 9.55. The monoisotopic (exact) mass is 533 g/mol. The van der Waals surface area contributed by atoms with Crippen LogP contribution in [0, 0.1) is 29.6 Å². The maximum absolute atomic E-state index is 14.0. The SMILES string of the molecule is CC(C)[C@H]1CC[C@@H](C)C[C@H]1OC(=O)c1ccc(N2C(=O)[C@@H]3C4c5ccccc5C(c5ccccc54)[C@@H]3C2=O)cc1. The van der Waals surface area contributed by atoms with Crippen LogP contribution in [0.15, 0.2) is 72.8 Å². The summed E-state index contributed by atoms with van der Waals surface area (Å²) in [5, 5.41) is 0. The average Bonchev–Trinajstić information content (AvgIpc) is 3.23. The van der Waals surface area contributed by atoms with Gasteiger partial charge in [-0.3, -0.25) is 9.59 Å². The Labute approximate surface area is 235 Å². The molecule has 3 aromatic rings. The van der Waals surface area contributed by atoms with E-state index < -0.39 is 11.8 Å². The molecule has 2 fully saturated rings. The first-order chi connectivity index (χ1) is 19.3. The molecule has 5 atom stereocenters. The summed E-state index contributed by atoms with van der Waals surface area (Å²) in [5.74, 6) is -0.398. The van der Waals surface area contributed by atoms with Gasteiger partial charge in [0.1, 0.15) is 6.10 Å². The van der Waals surface area contributed by atoms with E-state index in [0.29, 0.717) is 29.0 Å². The van der Waals surface area contributed by atoms with Gasteiger partial charge in [-0.25, -0.2) is 9.69 Å². The summed E-state index contributed by atoms with van der Waals surface area (Å²) in [5.41, 5.74) is 5.59. The van der Waals surface area contributed by atoms with E-state index in [1.54, 1.807) is 24.3 Å². The van der Waals surface area contributed by atoms with Crippen molar-refractivity contribution in [3.63, 3.8) is 0 Å². The number of ether oxygens (including phenoxy) is 1. The second-order valence-electron chi connectivity index (χ2n) is 12.6. The van der Waals surface area contributed by atoms with E-state index >= 15 is 0 Å². The zero-order valence-corrected chi connectivity index (χ0v) is 23.2. The van der Waals surface area contributed by atoms with Crippen LogP contribution in [0.25, 0.3) is 0 Å². The fourth-order valence-electron chi connectivity index (χ4n) is 8.13. The van der Waals surface area contributed by atoms with E-state index in [0.717, 1.165) is 35.1 Å². The molecule has 0 spiro atoms. The van der Waals surface area contributed by atoms with E-state index in [2.05, 4.69) is 45.0 Å². The van der Waals surface area contributed by atoms with Gasteiger partial charge in [0.2, 0.25) is 11.8 Å². The van der Waals surface area contributed by atoms with Gasteiger partial charge in [0.25, 0.3) is 0 Å². The fourth-order valence-corrected chi connectivity index (χ4v) is 8.13. The molecule has 4 aliphatic carbocycles. The molecule has 3 aromatic carbocycles. The molecule has 8 rings (SSSR count). The van der Waals surface area contributed by atoms with Gasteiger partial charge in [-0.2, -0.15) is 0 Å². The molecule has 2 amide bonds. The molecule has 2 bridgehead atoms. The van der Waals surface area contributed by atoms with Crippen LogP contribution in [-0.2, 0) is 14.3 Å². The quantitative estimate of drug-likeness (QED) is 0.277. The number of imide groups is 1. The number of hydrogen-bond acceptors (Lipinski definition) is 4. The lowest BCUT2D eigenvalue weighted by molar-refractivity contribution is -0.122. The minimum absolute atomic E-state index is 0.0838. The molecule has 5 nitrogen and oxygen atoms in total. The second kappa shape index (κ2) is 9.43. The topological polar surface area (TPSA) is 63.7 Å². The Morgan fingerprint density at radius 2 is 1.27 bits per heavy atom. The molecule has 0 radical (unpaired) electrons. The molecule has 1 saturated heterocycles. The number of benzene rings is 3. The Bertz CT molecular complexity index is 1390. The Morgan fingerprint density at radius 3 is 1.75 bits per heavy atom. The van der Waals surface area contributed by atoms with Crippen LogP contribution in [0.1, 0.15) is 84.5 Å². The summed E-state index contributed by atoms with van der Waals surface area (Å²) in [6.45, 7) is 6.61. The lowest BCUT2D eigenvalue weighted by Gasteiger charge is -2.45. The Morgan fingerprint density at radius 1 is 0.775 bits per heavy atom. The van der Waals surface area contributed by atoms with Gasteiger partial charge in [-0.05, 0) is 77.1 Å². The first kappa shape index (κ1) is 25.3. The molecular weight excluding hydrogens is 498 g/mol. The van der Waals surface area contributed by atoms with Crippen molar-refractivity contribution >= 4 is 23.5 Å². The number of nitrogens with zero attached hydrogens (tertiary/aromatic N) is 1. The number of hydrogen-bond donors (Lipinski definition) is 0. The van der Waals surface area contributed by atoms with Crippen molar-refractivity contribution in [3.8, 4) is 0 Å². The van der Waals surface area contributed by atoms with Crippen LogP contribution in [-0.4, -0.2) is 23.9 Å². The molecular formula is C35H35NO4. The zero-order valence-electron chi connectivity index (χ0n) is 23.2. The van der Waals surface area contributed by atoms with Crippen molar-refractivity contribution in [2.45, 2.75) is 58.0 Å². The second-order valence-corrected chi connectivity index (χ2v) is 12.6. The fraction of sp³-hybridized carbons (Fsp3) is 0.400. The van der Waals surface area contributed by atoms with Crippen LogP contribution in [0.3, 0.4) is 0 Å². The highest BCUT2D eigenvalue weighted by atomic mass is 16.5. The maximum atomic E-state index is 14.0. The Kier molecular flexibility index (Phi) is 5.95. The van der Waals surface area contributed by atoms with E-state index in [1.807, 2.05) is 24.3 Å². The van der Waals surface area contributed by atoms with Crippen LogP contribution in [0.4, 0.5) is 5.69 Å². The number of rotatable bonds is 4. The van der Waals surface area contributed by atoms with Gasteiger partial charge in [0, 0.05) is 11.8 Å². The van der Waals surface area contributed by atoms with Crippen molar-refractivity contribution < 1.29 is 19.1 Å². The maximum Gasteiger partial charge on any atom is 0.338 e. The van der Waals surface area contributed by atoms with Gasteiger partial charge in [0.15, 0.2) is 0 Å². The summed E-state index contributed by atoms with van der Waals surface area (Å²) < 4.78 is 6.03. The molecule has 40 heavy (non-hydrogen) atoms. The normalized spacial score (nSPS) is 30.2. The molecule has 5 aliphatic rings. The van der Waals surface area contributed by atoms with Crippen molar-refractivity contribution in [2.24, 2.45) is 29.6 Å². The van der Waals surface area contributed by atoms with Gasteiger partial charge < -0.3 is 4.74 Å². The van der Waals surface area contributed by atoms with Gasteiger partial charge in [-0.1, -0.05) is 75.7 Å². The van der Waals surface area contributed by atoms with Crippen LogP contribution in [0.5, 0.6) is 0 Å². The number of carbonyl (C=O) groups excluding carboxylic acids is 3. The van der Waals surface area contributed by atoms with Crippen LogP contribution < -0.4 is 4.90 Å². The molecule has 0 aromatic heterocycles. The van der Waals surface area contributed by atoms with Gasteiger partial charge >= 0.3 is 5.97 Å². The highest BCUT2D eigenvalue weighted by Crippen LogP contribution is 2.61. The summed E-state index contributed by atoms with van der Waals surface area (Å²) in [4.78, 5) is 42.5. The smallest absolute Gasteiger partial charge is 0.338 e. The predicted octanol–water partition coefficient (Wildman–Crippen LogP) is 6.70. The largest absolute Gasteiger partial charge is 0.458 e. The molecule has 1 aliphatic heterocycles. The number of anilines is 1. The summed E-state index contributed by atoms with van der Waals surface area (Å²) in [6.07, 6.45) is 3.05. The Balaban J connectivity index is 1.16. The molecule has 1 heterocycles. The van der Waals surface area contributed by atoms with Crippen molar-refractivity contribution in [1.82, 2.24) is 0 Å². The highest BCUT2D eigenvalue weighted by Gasteiger charge is 2.61. The van der Waals surface area contributed by atoms with Gasteiger partial charge in [-0.15, -0.1) is 0 Å². The first-order valence-electron chi connectivity index (χ1n) is 14.7.